The lowest BCUT2D eigenvalue weighted by Crippen LogP contribution is -2.23. The van der Waals surface area contributed by atoms with Crippen LogP contribution in [0.5, 0.6) is 0 Å². The van der Waals surface area contributed by atoms with E-state index in [9.17, 15) is 0 Å². The third kappa shape index (κ3) is 3.40. The van der Waals surface area contributed by atoms with Gasteiger partial charge in [-0.1, -0.05) is 43.6 Å². The second-order valence-corrected chi connectivity index (χ2v) is 6.46. The molecule has 20 heavy (non-hydrogen) atoms. The summed E-state index contributed by atoms with van der Waals surface area (Å²) in [5.74, 6) is 0. The second-order valence-electron chi connectivity index (χ2n) is 4.82. The van der Waals surface area contributed by atoms with Gasteiger partial charge in [0, 0.05) is 9.90 Å². The number of benzene rings is 1. The molecule has 2 rings (SSSR count). The molecule has 0 aliphatic rings. The maximum absolute atomic E-state index is 6.37. The molecule has 0 spiro atoms. The largest absolute Gasteiger partial charge is 0.304 e. The summed E-state index contributed by atoms with van der Waals surface area (Å²) in [6.45, 7) is 7.41. The predicted octanol–water partition coefficient (Wildman–Crippen LogP) is 4.76. The van der Waals surface area contributed by atoms with E-state index in [0.717, 1.165) is 35.0 Å². The average molecular weight is 309 g/mol. The number of halogens is 1. The van der Waals surface area contributed by atoms with Gasteiger partial charge in [0.05, 0.1) is 11.7 Å². The zero-order chi connectivity index (χ0) is 14.5. The quantitative estimate of drug-likeness (QED) is 0.832. The van der Waals surface area contributed by atoms with E-state index in [-0.39, 0.29) is 6.04 Å². The maximum Gasteiger partial charge on any atom is 0.115 e. The molecular formula is C16H21ClN2S. The molecule has 1 aromatic heterocycles. The third-order valence-electron chi connectivity index (χ3n) is 3.31. The molecule has 4 heteroatoms. The highest BCUT2D eigenvalue weighted by Crippen LogP contribution is 2.32. The number of aromatic nitrogens is 1. The number of rotatable bonds is 6. The highest BCUT2D eigenvalue weighted by molar-refractivity contribution is 7.11. The molecule has 0 fully saturated rings. The second kappa shape index (κ2) is 7.21. The first-order chi connectivity index (χ1) is 9.67. The van der Waals surface area contributed by atoms with Crippen molar-refractivity contribution in [1.82, 2.24) is 10.3 Å². The molecule has 108 valence electrons. The van der Waals surface area contributed by atoms with E-state index in [1.807, 2.05) is 18.2 Å². The van der Waals surface area contributed by atoms with Gasteiger partial charge in [0.2, 0.25) is 0 Å². The van der Waals surface area contributed by atoms with Crippen LogP contribution in [0.25, 0.3) is 0 Å². The van der Waals surface area contributed by atoms with Crippen LogP contribution >= 0.6 is 22.9 Å². The van der Waals surface area contributed by atoms with E-state index in [1.165, 1.54) is 10.6 Å². The summed E-state index contributed by atoms with van der Waals surface area (Å²) in [6, 6.07) is 8.11. The molecule has 0 aliphatic heterocycles. The van der Waals surface area contributed by atoms with E-state index >= 15 is 0 Å². The van der Waals surface area contributed by atoms with Gasteiger partial charge in [0.1, 0.15) is 5.01 Å². The number of thiazole rings is 1. The topological polar surface area (TPSA) is 24.9 Å². The van der Waals surface area contributed by atoms with Crippen LogP contribution in [-0.2, 0) is 6.42 Å². The van der Waals surface area contributed by atoms with Gasteiger partial charge in [-0.2, -0.15) is 0 Å². The first-order valence-corrected chi connectivity index (χ1v) is 8.30. The smallest absolute Gasteiger partial charge is 0.115 e. The Morgan fingerprint density at radius 2 is 2.05 bits per heavy atom. The Morgan fingerprint density at radius 1 is 1.30 bits per heavy atom. The average Bonchev–Trinajstić information content (AvgIpc) is 2.82. The van der Waals surface area contributed by atoms with Gasteiger partial charge >= 0.3 is 0 Å². The van der Waals surface area contributed by atoms with E-state index < -0.39 is 0 Å². The van der Waals surface area contributed by atoms with E-state index in [0.29, 0.717) is 0 Å². The fourth-order valence-corrected chi connectivity index (χ4v) is 3.58. The van der Waals surface area contributed by atoms with E-state index in [4.69, 9.17) is 16.6 Å². The van der Waals surface area contributed by atoms with Crippen molar-refractivity contribution >= 4 is 22.9 Å². The van der Waals surface area contributed by atoms with Crippen LogP contribution in [-0.4, -0.2) is 11.5 Å². The van der Waals surface area contributed by atoms with Crippen LogP contribution in [0.2, 0.25) is 5.02 Å². The Bertz CT molecular complexity index is 565. The van der Waals surface area contributed by atoms with Crippen molar-refractivity contribution in [3.05, 3.63) is 50.4 Å². The molecular weight excluding hydrogens is 288 g/mol. The number of nitrogens with zero attached hydrogens (tertiary/aromatic N) is 1. The molecule has 2 aromatic rings. The van der Waals surface area contributed by atoms with Crippen LogP contribution < -0.4 is 5.32 Å². The lowest BCUT2D eigenvalue weighted by Gasteiger charge is -2.17. The third-order valence-corrected chi connectivity index (χ3v) is 4.73. The summed E-state index contributed by atoms with van der Waals surface area (Å²) in [7, 11) is 0. The van der Waals surface area contributed by atoms with Crippen molar-refractivity contribution in [2.45, 2.75) is 39.7 Å². The number of aryl methyl sites for hydroxylation is 2. The molecule has 1 unspecified atom stereocenters. The van der Waals surface area contributed by atoms with Crippen LogP contribution in [0.3, 0.4) is 0 Å². The zero-order valence-electron chi connectivity index (χ0n) is 12.2. The van der Waals surface area contributed by atoms with Gasteiger partial charge in [0.15, 0.2) is 0 Å². The van der Waals surface area contributed by atoms with Gasteiger partial charge in [-0.15, -0.1) is 11.3 Å². The van der Waals surface area contributed by atoms with Crippen molar-refractivity contribution in [2.75, 3.05) is 6.54 Å². The van der Waals surface area contributed by atoms with E-state index in [1.54, 1.807) is 11.3 Å². The lowest BCUT2D eigenvalue weighted by atomic mass is 10.1. The van der Waals surface area contributed by atoms with Gasteiger partial charge in [-0.3, -0.25) is 0 Å². The minimum Gasteiger partial charge on any atom is -0.304 e. The molecule has 0 saturated carbocycles. The summed E-state index contributed by atoms with van der Waals surface area (Å²) >= 11 is 8.13. The van der Waals surface area contributed by atoms with Gasteiger partial charge in [-0.25, -0.2) is 4.98 Å². The monoisotopic (exact) mass is 308 g/mol. The highest BCUT2D eigenvalue weighted by Gasteiger charge is 2.20. The molecule has 0 saturated heterocycles. The molecule has 2 nitrogen and oxygen atoms in total. The van der Waals surface area contributed by atoms with Crippen LogP contribution in [0.1, 0.15) is 47.5 Å². The highest BCUT2D eigenvalue weighted by atomic mass is 35.5. The first kappa shape index (κ1) is 15.5. The zero-order valence-corrected chi connectivity index (χ0v) is 13.8. The van der Waals surface area contributed by atoms with Crippen molar-refractivity contribution < 1.29 is 0 Å². The molecule has 0 aliphatic carbocycles. The summed E-state index contributed by atoms with van der Waals surface area (Å²) in [5.41, 5.74) is 2.30. The molecule has 0 radical (unpaired) electrons. The molecule has 1 aromatic carbocycles. The SMILES string of the molecule is CCCNC(c1nc(CC)c(C)s1)c1ccccc1Cl. The Hall–Kier alpha value is -0.900. The molecule has 1 N–H and O–H groups in total. The number of hydrogen-bond donors (Lipinski definition) is 1. The van der Waals surface area contributed by atoms with E-state index in [2.05, 4.69) is 32.2 Å². The van der Waals surface area contributed by atoms with Crippen LogP contribution in [0, 0.1) is 6.92 Å². The van der Waals surface area contributed by atoms with Crippen molar-refractivity contribution in [2.24, 2.45) is 0 Å². The Labute approximate surface area is 130 Å². The normalized spacial score (nSPS) is 12.6. The van der Waals surface area contributed by atoms with Crippen LogP contribution in [0.15, 0.2) is 24.3 Å². The molecule has 1 atom stereocenters. The van der Waals surface area contributed by atoms with Gasteiger partial charge in [-0.05, 0) is 37.9 Å². The fraction of sp³-hybridized carbons (Fsp3) is 0.438. The Kier molecular flexibility index (Phi) is 5.58. The van der Waals surface area contributed by atoms with Crippen LogP contribution in [0.4, 0.5) is 0 Å². The summed E-state index contributed by atoms with van der Waals surface area (Å²) in [6.07, 6.45) is 2.07. The summed E-state index contributed by atoms with van der Waals surface area (Å²) in [5, 5.41) is 5.48. The molecule has 0 amide bonds. The summed E-state index contributed by atoms with van der Waals surface area (Å²) in [4.78, 5) is 6.10. The van der Waals surface area contributed by atoms with Gasteiger partial charge < -0.3 is 5.32 Å². The van der Waals surface area contributed by atoms with Crippen molar-refractivity contribution in [3.63, 3.8) is 0 Å². The lowest BCUT2D eigenvalue weighted by molar-refractivity contribution is 0.595. The minimum atomic E-state index is 0.0904. The predicted molar refractivity (Wildman–Crippen MR) is 87.8 cm³/mol. The summed E-state index contributed by atoms with van der Waals surface area (Å²) < 4.78 is 0. The number of hydrogen-bond acceptors (Lipinski definition) is 3. The Balaban J connectivity index is 2.39. The van der Waals surface area contributed by atoms with Crippen molar-refractivity contribution in [3.8, 4) is 0 Å². The fourth-order valence-electron chi connectivity index (χ4n) is 2.23. The maximum atomic E-state index is 6.37. The minimum absolute atomic E-state index is 0.0904. The Morgan fingerprint density at radius 3 is 2.65 bits per heavy atom. The standard InChI is InChI=1S/C16H21ClN2S/c1-4-10-18-15(12-8-6-7-9-13(12)17)16-19-14(5-2)11(3)20-16/h6-9,15,18H,4-5,10H2,1-3H3. The van der Waals surface area contributed by atoms with Gasteiger partial charge in [0.25, 0.3) is 0 Å². The molecule has 1 heterocycles. The van der Waals surface area contributed by atoms with Crippen molar-refractivity contribution in [1.29, 1.82) is 0 Å². The first-order valence-electron chi connectivity index (χ1n) is 7.11. The molecule has 0 bridgehead atoms. The number of nitrogens with one attached hydrogen (secondary N) is 1.